The van der Waals surface area contributed by atoms with Crippen LogP contribution in [0.15, 0.2) is 0 Å². The monoisotopic (exact) mass is 178 g/mol. The quantitative estimate of drug-likeness (QED) is 0.469. The summed E-state index contributed by atoms with van der Waals surface area (Å²) < 4.78 is 4.62. The van der Waals surface area contributed by atoms with E-state index in [0.29, 0.717) is 5.88 Å². The Balaban J connectivity index is 3.30. The van der Waals surface area contributed by atoms with Gasteiger partial charge in [0, 0.05) is 6.42 Å². The highest BCUT2D eigenvalue weighted by atomic mass is 35.5. The number of halogens is 1. The van der Waals surface area contributed by atoms with Gasteiger partial charge in [-0.3, -0.25) is 4.79 Å². The lowest BCUT2D eigenvalue weighted by Gasteiger charge is -1.99. The molecule has 0 bridgehead atoms. The van der Waals surface area contributed by atoms with Crippen LogP contribution in [0.4, 0.5) is 0 Å². The van der Waals surface area contributed by atoms with Crippen LogP contribution in [0, 0.1) is 0 Å². The molecule has 0 aliphatic rings. The van der Waals surface area contributed by atoms with E-state index >= 15 is 0 Å². The Morgan fingerprint density at radius 2 is 2.00 bits per heavy atom. The predicted octanol–water partition coefficient (Wildman–Crippen LogP) is 1.14. The van der Waals surface area contributed by atoms with Gasteiger partial charge in [-0.2, -0.15) is 0 Å². The van der Waals surface area contributed by atoms with Gasteiger partial charge in [0.05, 0.1) is 12.3 Å². The van der Waals surface area contributed by atoms with Crippen molar-refractivity contribution in [3.05, 3.63) is 0 Å². The van der Waals surface area contributed by atoms with Crippen LogP contribution in [0.25, 0.3) is 0 Å². The highest BCUT2D eigenvalue weighted by molar-refractivity contribution is 6.18. The van der Waals surface area contributed by atoms with Crippen LogP contribution >= 0.6 is 11.6 Å². The second-order valence-corrected chi connectivity index (χ2v) is 2.49. The van der Waals surface area contributed by atoms with Gasteiger partial charge in [0.2, 0.25) is 0 Å². The smallest absolute Gasteiger partial charge is 0.306 e. The molecule has 11 heavy (non-hydrogen) atoms. The number of carbonyl (C=O) groups excluding carboxylic acids is 2. The summed E-state index contributed by atoms with van der Waals surface area (Å²) in [6.45, 7) is 1.66. The standard InChI is InChI=1S/C7H11ClO3/c1-6(9)2-3-7(10)11-5-4-8/h2-5H2,1H3. The maximum Gasteiger partial charge on any atom is 0.306 e. The number of hydrogen-bond acceptors (Lipinski definition) is 3. The van der Waals surface area contributed by atoms with E-state index in [9.17, 15) is 9.59 Å². The molecule has 0 aliphatic carbocycles. The normalized spacial score (nSPS) is 9.27. The van der Waals surface area contributed by atoms with Gasteiger partial charge < -0.3 is 9.53 Å². The Bertz CT molecular complexity index is 145. The van der Waals surface area contributed by atoms with E-state index in [1.54, 1.807) is 0 Å². The van der Waals surface area contributed by atoms with Gasteiger partial charge in [0.25, 0.3) is 0 Å². The Morgan fingerprint density at radius 3 is 2.45 bits per heavy atom. The number of ether oxygens (including phenoxy) is 1. The first-order chi connectivity index (χ1) is 5.16. The van der Waals surface area contributed by atoms with Crippen molar-refractivity contribution >= 4 is 23.4 Å². The van der Waals surface area contributed by atoms with Gasteiger partial charge in [-0.05, 0) is 6.92 Å². The van der Waals surface area contributed by atoms with Gasteiger partial charge >= 0.3 is 5.97 Å². The summed E-state index contributed by atoms with van der Waals surface area (Å²) in [6.07, 6.45) is 0.410. The summed E-state index contributed by atoms with van der Waals surface area (Å²) in [4.78, 5) is 21.1. The molecule has 0 aromatic heterocycles. The fourth-order valence-electron chi connectivity index (χ4n) is 0.503. The molecule has 3 nitrogen and oxygen atoms in total. The van der Waals surface area contributed by atoms with E-state index in [-0.39, 0.29) is 31.2 Å². The number of ketones is 1. The van der Waals surface area contributed by atoms with Crippen molar-refractivity contribution in [2.75, 3.05) is 12.5 Å². The average molecular weight is 179 g/mol. The zero-order valence-corrected chi connectivity index (χ0v) is 7.19. The van der Waals surface area contributed by atoms with E-state index in [1.807, 2.05) is 0 Å². The van der Waals surface area contributed by atoms with Crippen molar-refractivity contribution in [3.8, 4) is 0 Å². The molecular formula is C7H11ClO3. The molecule has 0 amide bonds. The highest BCUT2D eigenvalue weighted by Gasteiger charge is 2.03. The van der Waals surface area contributed by atoms with Gasteiger partial charge in [0.1, 0.15) is 12.4 Å². The Hall–Kier alpha value is -0.570. The SMILES string of the molecule is CC(=O)CCC(=O)OCCCl. The molecular weight excluding hydrogens is 168 g/mol. The van der Waals surface area contributed by atoms with Crippen LogP contribution < -0.4 is 0 Å². The van der Waals surface area contributed by atoms with Crippen molar-refractivity contribution in [1.82, 2.24) is 0 Å². The number of Topliss-reactive ketones (excluding diaryl/α,β-unsaturated/α-hetero) is 1. The largest absolute Gasteiger partial charge is 0.464 e. The molecule has 0 saturated heterocycles. The molecule has 0 aliphatic heterocycles. The molecule has 4 heteroatoms. The zero-order valence-electron chi connectivity index (χ0n) is 6.43. The number of carbonyl (C=O) groups is 2. The lowest BCUT2D eigenvalue weighted by molar-refractivity contribution is -0.144. The second-order valence-electron chi connectivity index (χ2n) is 2.11. The summed E-state index contributed by atoms with van der Waals surface area (Å²) in [7, 11) is 0. The fraction of sp³-hybridized carbons (Fsp3) is 0.714. The third-order valence-corrected chi connectivity index (χ3v) is 1.18. The first kappa shape index (κ1) is 10.4. The summed E-state index contributed by atoms with van der Waals surface area (Å²) in [5.74, 6) is -0.0695. The lowest BCUT2D eigenvalue weighted by atomic mass is 10.2. The topological polar surface area (TPSA) is 43.4 Å². The first-order valence-electron chi connectivity index (χ1n) is 3.38. The minimum absolute atomic E-state index is 0.00664. The molecule has 0 aromatic carbocycles. The minimum atomic E-state index is -0.360. The van der Waals surface area contributed by atoms with E-state index in [1.165, 1.54) is 6.92 Å². The molecule has 0 saturated carbocycles. The van der Waals surface area contributed by atoms with Crippen molar-refractivity contribution in [3.63, 3.8) is 0 Å². The number of esters is 1. The van der Waals surface area contributed by atoms with Crippen molar-refractivity contribution in [1.29, 1.82) is 0 Å². The predicted molar refractivity (Wildman–Crippen MR) is 41.6 cm³/mol. The van der Waals surface area contributed by atoms with Gasteiger partial charge in [-0.1, -0.05) is 0 Å². The van der Waals surface area contributed by atoms with Crippen LogP contribution in [0.2, 0.25) is 0 Å². The fourth-order valence-corrected chi connectivity index (χ4v) is 0.580. The first-order valence-corrected chi connectivity index (χ1v) is 3.91. The molecule has 0 N–H and O–H groups in total. The molecule has 0 unspecified atom stereocenters. The van der Waals surface area contributed by atoms with Gasteiger partial charge in [0.15, 0.2) is 0 Å². The molecule has 64 valence electrons. The molecule has 0 aromatic rings. The van der Waals surface area contributed by atoms with Crippen molar-refractivity contribution in [2.24, 2.45) is 0 Å². The Morgan fingerprint density at radius 1 is 1.36 bits per heavy atom. The Kier molecular flexibility index (Phi) is 5.84. The van der Waals surface area contributed by atoms with Crippen LogP contribution in [0.3, 0.4) is 0 Å². The summed E-state index contributed by atoms with van der Waals surface area (Å²) in [6, 6.07) is 0. The summed E-state index contributed by atoms with van der Waals surface area (Å²) >= 11 is 5.26. The molecule has 0 heterocycles. The van der Waals surface area contributed by atoms with Crippen molar-refractivity contribution < 1.29 is 14.3 Å². The van der Waals surface area contributed by atoms with Gasteiger partial charge in [-0.15, -0.1) is 11.6 Å². The van der Waals surface area contributed by atoms with E-state index in [4.69, 9.17) is 11.6 Å². The summed E-state index contributed by atoms with van der Waals surface area (Å²) in [5.41, 5.74) is 0. The minimum Gasteiger partial charge on any atom is -0.464 e. The molecule has 0 atom stereocenters. The van der Waals surface area contributed by atoms with E-state index in [0.717, 1.165) is 0 Å². The van der Waals surface area contributed by atoms with Crippen LogP contribution in [-0.4, -0.2) is 24.2 Å². The third kappa shape index (κ3) is 7.33. The Labute approximate surface area is 70.7 Å². The van der Waals surface area contributed by atoms with Crippen molar-refractivity contribution in [2.45, 2.75) is 19.8 Å². The number of rotatable bonds is 5. The number of hydrogen-bond donors (Lipinski definition) is 0. The lowest BCUT2D eigenvalue weighted by Crippen LogP contribution is -2.07. The van der Waals surface area contributed by atoms with Crippen LogP contribution in [0.5, 0.6) is 0 Å². The molecule has 0 rings (SSSR count). The third-order valence-electron chi connectivity index (χ3n) is 1.02. The number of alkyl halides is 1. The van der Waals surface area contributed by atoms with Gasteiger partial charge in [-0.25, -0.2) is 0 Å². The molecule has 0 spiro atoms. The highest BCUT2D eigenvalue weighted by Crippen LogP contribution is 1.93. The summed E-state index contributed by atoms with van der Waals surface area (Å²) in [5, 5.41) is 0. The van der Waals surface area contributed by atoms with Crippen LogP contribution in [-0.2, 0) is 14.3 Å². The maximum absolute atomic E-state index is 10.7. The maximum atomic E-state index is 10.7. The van der Waals surface area contributed by atoms with E-state index < -0.39 is 0 Å². The van der Waals surface area contributed by atoms with Crippen LogP contribution in [0.1, 0.15) is 19.8 Å². The second kappa shape index (κ2) is 6.16. The van der Waals surface area contributed by atoms with E-state index in [2.05, 4.69) is 4.74 Å². The zero-order chi connectivity index (χ0) is 8.69. The molecule has 0 radical (unpaired) electrons. The average Bonchev–Trinajstić information content (AvgIpc) is 1.97. The molecule has 0 fully saturated rings.